The number of benzene rings is 1. The molecule has 0 saturated carbocycles. The van der Waals surface area contributed by atoms with Crippen molar-refractivity contribution in [2.75, 3.05) is 0 Å². The molecule has 2 heterocycles. The summed E-state index contributed by atoms with van der Waals surface area (Å²) in [5.41, 5.74) is -0.618. The van der Waals surface area contributed by atoms with E-state index < -0.39 is 11.7 Å². The Kier molecular flexibility index (Phi) is 4.42. The van der Waals surface area contributed by atoms with Gasteiger partial charge in [0.15, 0.2) is 0 Å². The normalized spacial score (nSPS) is 11.8. The van der Waals surface area contributed by atoms with E-state index in [2.05, 4.69) is 15.2 Å². The van der Waals surface area contributed by atoms with Gasteiger partial charge in [0.2, 0.25) is 5.89 Å². The Morgan fingerprint density at radius 3 is 2.25 bits per heavy atom. The molecule has 0 radical (unpaired) electrons. The van der Waals surface area contributed by atoms with Crippen molar-refractivity contribution in [1.29, 1.82) is 0 Å². The molecule has 3 aromatic rings. The van der Waals surface area contributed by atoms with E-state index in [-0.39, 0.29) is 27.5 Å². The van der Waals surface area contributed by atoms with Gasteiger partial charge in [-0.1, -0.05) is 34.8 Å². The second-order valence-corrected chi connectivity index (χ2v) is 5.84. The lowest BCUT2D eigenvalue weighted by Gasteiger charge is -2.07. The van der Waals surface area contributed by atoms with Gasteiger partial charge in [-0.15, -0.1) is 10.2 Å². The first-order valence-corrected chi connectivity index (χ1v) is 7.41. The van der Waals surface area contributed by atoms with Crippen molar-refractivity contribution in [3.05, 3.63) is 51.1 Å². The van der Waals surface area contributed by atoms with Crippen LogP contribution in [0.5, 0.6) is 0 Å². The molecule has 124 valence electrons. The maximum Gasteiger partial charge on any atom is 0.417 e. The molecule has 0 aliphatic carbocycles. The van der Waals surface area contributed by atoms with Gasteiger partial charge < -0.3 is 4.42 Å². The average molecular weight is 395 g/mol. The summed E-state index contributed by atoms with van der Waals surface area (Å²) in [5.74, 6) is -0.0702. The van der Waals surface area contributed by atoms with Crippen LogP contribution in [0.1, 0.15) is 5.56 Å². The van der Waals surface area contributed by atoms with E-state index in [0.29, 0.717) is 16.8 Å². The van der Waals surface area contributed by atoms with Crippen LogP contribution in [0.15, 0.2) is 34.9 Å². The summed E-state index contributed by atoms with van der Waals surface area (Å²) in [6, 6.07) is 5.38. The lowest BCUT2D eigenvalue weighted by atomic mass is 10.2. The first kappa shape index (κ1) is 17.0. The van der Waals surface area contributed by atoms with Crippen molar-refractivity contribution in [3.8, 4) is 23.0 Å². The van der Waals surface area contributed by atoms with E-state index in [4.69, 9.17) is 39.2 Å². The Labute approximate surface area is 148 Å². The van der Waals surface area contributed by atoms with Crippen LogP contribution < -0.4 is 0 Å². The predicted molar refractivity (Wildman–Crippen MR) is 83.0 cm³/mol. The van der Waals surface area contributed by atoms with E-state index >= 15 is 0 Å². The molecular weight excluding hydrogens is 390 g/mol. The average Bonchev–Trinajstić information content (AvgIpc) is 2.95. The summed E-state index contributed by atoms with van der Waals surface area (Å²) in [7, 11) is 0. The highest BCUT2D eigenvalue weighted by molar-refractivity contribution is 6.36. The summed E-state index contributed by atoms with van der Waals surface area (Å²) >= 11 is 17.7. The number of hydrogen-bond acceptors (Lipinski definition) is 4. The lowest BCUT2D eigenvalue weighted by Crippen LogP contribution is -2.05. The molecule has 0 amide bonds. The molecule has 0 atom stereocenters. The van der Waals surface area contributed by atoms with Gasteiger partial charge in [-0.25, -0.2) is 4.98 Å². The molecule has 0 N–H and O–H groups in total. The van der Waals surface area contributed by atoms with Gasteiger partial charge in [-0.2, -0.15) is 13.2 Å². The highest BCUT2D eigenvalue weighted by Gasteiger charge is 2.32. The van der Waals surface area contributed by atoms with Gasteiger partial charge in [-0.05, 0) is 24.3 Å². The predicted octanol–water partition coefficient (Wildman–Crippen LogP) is 5.78. The van der Waals surface area contributed by atoms with E-state index in [1.54, 1.807) is 12.1 Å². The minimum atomic E-state index is -4.55. The van der Waals surface area contributed by atoms with E-state index in [1.165, 1.54) is 6.07 Å². The van der Waals surface area contributed by atoms with E-state index in [1.807, 2.05) is 0 Å². The molecule has 4 nitrogen and oxygen atoms in total. The highest BCUT2D eigenvalue weighted by Crippen LogP contribution is 2.35. The third-order valence-electron chi connectivity index (χ3n) is 2.96. The van der Waals surface area contributed by atoms with Crippen molar-refractivity contribution in [3.63, 3.8) is 0 Å². The summed E-state index contributed by atoms with van der Waals surface area (Å²) in [6.45, 7) is 0. The lowest BCUT2D eigenvalue weighted by molar-refractivity contribution is -0.137. The maximum absolute atomic E-state index is 12.6. The van der Waals surface area contributed by atoms with Crippen LogP contribution in [-0.4, -0.2) is 15.2 Å². The SMILES string of the molecule is FC(F)(F)c1cnc(-c2nnc(-c3ccc(Cl)cc3Cl)o2)c(Cl)c1. The minimum absolute atomic E-state index is 0.0597. The smallest absolute Gasteiger partial charge is 0.414 e. The molecule has 0 saturated heterocycles. The molecule has 0 bridgehead atoms. The second kappa shape index (κ2) is 6.23. The Hall–Kier alpha value is -1.83. The standard InChI is InChI=1S/C14H5Cl3F3N3O/c15-7-1-2-8(9(16)4-7)12-22-23-13(24-12)11-10(17)3-6(5-21-11)14(18,19)20/h1-5H. The Morgan fingerprint density at radius 2 is 1.62 bits per heavy atom. The quantitative estimate of drug-likeness (QED) is 0.553. The molecule has 3 rings (SSSR count). The summed E-state index contributed by atoms with van der Waals surface area (Å²) in [6.07, 6.45) is -3.91. The molecule has 1 aromatic carbocycles. The Balaban J connectivity index is 1.99. The van der Waals surface area contributed by atoms with Gasteiger partial charge in [0.25, 0.3) is 5.89 Å². The third kappa shape index (κ3) is 3.33. The largest absolute Gasteiger partial charge is 0.417 e. The van der Waals surface area contributed by atoms with Gasteiger partial charge >= 0.3 is 6.18 Å². The third-order valence-corrected chi connectivity index (χ3v) is 3.79. The Morgan fingerprint density at radius 1 is 0.917 bits per heavy atom. The zero-order chi connectivity index (χ0) is 17.5. The number of alkyl halides is 3. The van der Waals surface area contributed by atoms with Crippen LogP contribution in [0, 0.1) is 0 Å². The van der Waals surface area contributed by atoms with Crippen LogP contribution in [0.2, 0.25) is 15.1 Å². The van der Waals surface area contributed by atoms with Gasteiger partial charge in [0.1, 0.15) is 5.69 Å². The van der Waals surface area contributed by atoms with Crippen LogP contribution in [0.3, 0.4) is 0 Å². The first-order valence-electron chi connectivity index (χ1n) is 6.28. The van der Waals surface area contributed by atoms with Crippen LogP contribution >= 0.6 is 34.8 Å². The van der Waals surface area contributed by atoms with Gasteiger partial charge in [0.05, 0.1) is 21.2 Å². The number of rotatable bonds is 2. The molecule has 24 heavy (non-hydrogen) atoms. The monoisotopic (exact) mass is 393 g/mol. The van der Waals surface area contributed by atoms with Crippen LogP contribution in [0.25, 0.3) is 23.0 Å². The fourth-order valence-corrected chi connectivity index (χ4v) is 2.58. The summed E-state index contributed by atoms with van der Waals surface area (Å²) in [5, 5.41) is 7.99. The highest BCUT2D eigenvalue weighted by atomic mass is 35.5. The molecule has 0 spiro atoms. The second-order valence-electron chi connectivity index (χ2n) is 4.59. The van der Waals surface area contributed by atoms with Crippen molar-refractivity contribution in [2.24, 2.45) is 0 Å². The number of halogens is 6. The topological polar surface area (TPSA) is 51.8 Å². The molecule has 2 aromatic heterocycles. The summed E-state index contributed by atoms with van der Waals surface area (Å²) < 4.78 is 43.3. The molecule has 0 unspecified atom stereocenters. The molecule has 0 aliphatic heterocycles. The first-order chi connectivity index (χ1) is 11.3. The molecular formula is C14H5Cl3F3N3O. The molecule has 0 fully saturated rings. The van der Waals surface area contributed by atoms with Gasteiger partial charge in [-0.3, -0.25) is 0 Å². The molecule has 0 aliphatic rings. The zero-order valence-electron chi connectivity index (χ0n) is 11.4. The number of nitrogens with zero attached hydrogens (tertiary/aromatic N) is 3. The van der Waals surface area contributed by atoms with E-state index in [9.17, 15) is 13.2 Å². The number of pyridine rings is 1. The van der Waals surface area contributed by atoms with Crippen molar-refractivity contribution >= 4 is 34.8 Å². The Bertz CT molecular complexity index is 912. The fraction of sp³-hybridized carbons (Fsp3) is 0.0714. The number of hydrogen-bond donors (Lipinski definition) is 0. The van der Waals surface area contributed by atoms with Crippen molar-refractivity contribution < 1.29 is 17.6 Å². The van der Waals surface area contributed by atoms with Crippen molar-refractivity contribution in [2.45, 2.75) is 6.18 Å². The fourth-order valence-electron chi connectivity index (χ4n) is 1.84. The van der Waals surface area contributed by atoms with Crippen LogP contribution in [0.4, 0.5) is 13.2 Å². The number of aromatic nitrogens is 3. The molecule has 10 heteroatoms. The van der Waals surface area contributed by atoms with Crippen LogP contribution in [-0.2, 0) is 6.18 Å². The summed E-state index contributed by atoms with van der Waals surface area (Å²) in [4.78, 5) is 3.66. The minimum Gasteiger partial charge on any atom is -0.414 e. The van der Waals surface area contributed by atoms with E-state index in [0.717, 1.165) is 6.07 Å². The van der Waals surface area contributed by atoms with Gasteiger partial charge in [0, 0.05) is 11.2 Å². The van der Waals surface area contributed by atoms with Crippen molar-refractivity contribution in [1.82, 2.24) is 15.2 Å². The zero-order valence-corrected chi connectivity index (χ0v) is 13.7. The maximum atomic E-state index is 12.6.